The summed E-state index contributed by atoms with van der Waals surface area (Å²) in [5.41, 5.74) is 12.9. The van der Waals surface area contributed by atoms with Crippen molar-refractivity contribution in [3.05, 3.63) is 58.0 Å². The van der Waals surface area contributed by atoms with Crippen LogP contribution in [0.25, 0.3) is 22.0 Å². The van der Waals surface area contributed by atoms with Gasteiger partial charge in [0.25, 0.3) is 0 Å². The molecule has 1 aromatic heterocycles. The van der Waals surface area contributed by atoms with Crippen molar-refractivity contribution in [1.82, 2.24) is 10.3 Å². The van der Waals surface area contributed by atoms with Gasteiger partial charge in [0.2, 0.25) is 5.91 Å². The highest BCUT2D eigenvalue weighted by molar-refractivity contribution is 6.02. The number of benzene rings is 2. The number of primary amides is 1. The minimum atomic E-state index is -0.536. The van der Waals surface area contributed by atoms with Crippen LogP contribution in [-0.4, -0.2) is 17.4 Å². The second-order valence-corrected chi connectivity index (χ2v) is 7.02. The molecule has 0 unspecified atom stereocenters. The van der Waals surface area contributed by atoms with Crippen molar-refractivity contribution in [3.8, 4) is 11.1 Å². The summed E-state index contributed by atoms with van der Waals surface area (Å²) < 4.78 is 15.0. The summed E-state index contributed by atoms with van der Waals surface area (Å²) in [5, 5.41) is 4.36. The molecule has 4 nitrogen and oxygen atoms in total. The van der Waals surface area contributed by atoms with Crippen LogP contribution in [0, 0.1) is 19.7 Å². The van der Waals surface area contributed by atoms with Crippen molar-refractivity contribution in [2.45, 2.75) is 33.2 Å². The fourth-order valence-electron chi connectivity index (χ4n) is 4.03. The van der Waals surface area contributed by atoms with E-state index in [1.165, 1.54) is 11.1 Å². The maximum absolute atomic E-state index is 15.0. The molecule has 4 N–H and O–H groups in total. The van der Waals surface area contributed by atoms with Crippen LogP contribution in [0.1, 0.15) is 27.9 Å². The average Bonchev–Trinajstić information content (AvgIpc) is 2.92. The molecule has 0 saturated heterocycles. The predicted octanol–water partition coefficient (Wildman–Crippen LogP) is 3.26. The van der Waals surface area contributed by atoms with Crippen molar-refractivity contribution in [2.75, 3.05) is 6.54 Å². The number of fused-ring (bicyclic) bond motifs is 2. The number of hydrogen-bond donors (Lipinski definition) is 3. The summed E-state index contributed by atoms with van der Waals surface area (Å²) in [7, 11) is 0. The van der Waals surface area contributed by atoms with Crippen LogP contribution in [0.5, 0.6) is 0 Å². The zero-order valence-corrected chi connectivity index (χ0v) is 15.0. The highest BCUT2D eigenvalue weighted by atomic mass is 19.1. The van der Waals surface area contributed by atoms with E-state index in [-0.39, 0.29) is 12.2 Å². The van der Waals surface area contributed by atoms with E-state index in [9.17, 15) is 9.18 Å². The molecule has 1 aliphatic rings. The average molecular weight is 351 g/mol. The number of H-pyrrole nitrogens is 1. The standard InChI is InChI=1S/C21H22FN3O/c1-11-12(2)25-21-17(9-19(23)26)18(22)8-16(20(11)21)15-5-3-4-13-10-24-7-6-14(13)15/h3-5,8,24-25H,6-7,9-10H2,1-2H3,(H2,23,26). The van der Waals surface area contributed by atoms with Gasteiger partial charge in [-0.15, -0.1) is 0 Å². The van der Waals surface area contributed by atoms with E-state index in [1.54, 1.807) is 6.07 Å². The molecule has 5 heteroatoms. The number of carbonyl (C=O) groups is 1. The largest absolute Gasteiger partial charge is 0.369 e. The van der Waals surface area contributed by atoms with Crippen molar-refractivity contribution in [2.24, 2.45) is 5.73 Å². The summed E-state index contributed by atoms with van der Waals surface area (Å²) in [5.74, 6) is -0.926. The Labute approximate surface area is 151 Å². The first-order valence-electron chi connectivity index (χ1n) is 8.87. The second-order valence-electron chi connectivity index (χ2n) is 7.02. The SMILES string of the molecule is Cc1[nH]c2c(CC(N)=O)c(F)cc(-c3cccc4c3CCNC4)c2c1C. The number of nitrogens with two attached hydrogens (primary N) is 1. The summed E-state index contributed by atoms with van der Waals surface area (Å²) in [6, 6.07) is 7.78. The van der Waals surface area contributed by atoms with Crippen molar-refractivity contribution in [3.63, 3.8) is 0 Å². The lowest BCUT2D eigenvalue weighted by atomic mass is 9.88. The second kappa shape index (κ2) is 6.25. The van der Waals surface area contributed by atoms with E-state index in [2.05, 4.69) is 22.4 Å². The van der Waals surface area contributed by atoms with Gasteiger partial charge in [-0.25, -0.2) is 4.39 Å². The van der Waals surface area contributed by atoms with Crippen LogP contribution < -0.4 is 11.1 Å². The lowest BCUT2D eigenvalue weighted by Crippen LogP contribution is -2.24. The number of aromatic nitrogens is 1. The Morgan fingerprint density at radius 2 is 2.08 bits per heavy atom. The third-order valence-electron chi connectivity index (χ3n) is 5.41. The molecule has 0 atom stereocenters. The molecule has 1 aliphatic heterocycles. The van der Waals surface area contributed by atoms with Crippen LogP contribution in [0.3, 0.4) is 0 Å². The topological polar surface area (TPSA) is 70.9 Å². The Balaban J connectivity index is 2.05. The van der Waals surface area contributed by atoms with E-state index < -0.39 is 5.91 Å². The lowest BCUT2D eigenvalue weighted by Gasteiger charge is -2.21. The molecular formula is C21H22FN3O. The molecule has 0 aliphatic carbocycles. The Bertz CT molecular complexity index is 1040. The van der Waals surface area contributed by atoms with Gasteiger partial charge < -0.3 is 16.0 Å². The number of hydrogen-bond acceptors (Lipinski definition) is 2. The van der Waals surface area contributed by atoms with E-state index in [4.69, 9.17) is 5.73 Å². The molecular weight excluding hydrogens is 329 g/mol. The first kappa shape index (κ1) is 16.8. The van der Waals surface area contributed by atoms with Gasteiger partial charge in [0.1, 0.15) is 5.82 Å². The number of halogens is 1. The molecule has 4 rings (SSSR count). The molecule has 2 heterocycles. The Hall–Kier alpha value is -2.66. The fraction of sp³-hybridized carbons (Fsp3) is 0.286. The van der Waals surface area contributed by atoms with Gasteiger partial charge >= 0.3 is 0 Å². The monoisotopic (exact) mass is 351 g/mol. The van der Waals surface area contributed by atoms with Crippen molar-refractivity contribution in [1.29, 1.82) is 0 Å². The summed E-state index contributed by atoms with van der Waals surface area (Å²) in [6.45, 7) is 5.75. The molecule has 0 bridgehead atoms. The van der Waals surface area contributed by atoms with Crippen molar-refractivity contribution < 1.29 is 9.18 Å². The van der Waals surface area contributed by atoms with E-state index in [1.807, 2.05) is 19.9 Å². The van der Waals surface area contributed by atoms with Crippen molar-refractivity contribution >= 4 is 16.8 Å². The molecule has 0 fully saturated rings. The van der Waals surface area contributed by atoms with Gasteiger partial charge in [-0.2, -0.15) is 0 Å². The fourth-order valence-corrected chi connectivity index (χ4v) is 4.03. The zero-order valence-electron chi connectivity index (χ0n) is 15.0. The molecule has 0 spiro atoms. The predicted molar refractivity (Wildman–Crippen MR) is 101 cm³/mol. The quantitative estimate of drug-likeness (QED) is 0.678. The first-order valence-corrected chi connectivity index (χ1v) is 8.87. The van der Waals surface area contributed by atoms with Gasteiger partial charge in [0, 0.05) is 23.2 Å². The summed E-state index contributed by atoms with van der Waals surface area (Å²) in [6.07, 6.45) is 0.804. The van der Waals surface area contributed by atoms with E-state index >= 15 is 0 Å². The minimum absolute atomic E-state index is 0.112. The molecule has 0 saturated carbocycles. The van der Waals surface area contributed by atoms with Gasteiger partial charge in [-0.3, -0.25) is 4.79 Å². The van der Waals surface area contributed by atoms with Crippen LogP contribution in [0.2, 0.25) is 0 Å². The smallest absolute Gasteiger partial charge is 0.222 e. The number of nitrogens with one attached hydrogen (secondary N) is 2. The molecule has 26 heavy (non-hydrogen) atoms. The molecule has 1 amide bonds. The van der Waals surface area contributed by atoms with Gasteiger partial charge in [-0.05, 0) is 60.7 Å². The van der Waals surface area contributed by atoms with Crippen LogP contribution in [0.15, 0.2) is 24.3 Å². The maximum atomic E-state index is 15.0. The lowest BCUT2D eigenvalue weighted by molar-refractivity contribution is -0.117. The Morgan fingerprint density at radius 3 is 2.85 bits per heavy atom. The normalized spacial score (nSPS) is 13.8. The number of rotatable bonds is 3. The maximum Gasteiger partial charge on any atom is 0.222 e. The van der Waals surface area contributed by atoms with E-state index in [0.29, 0.717) is 11.1 Å². The summed E-state index contributed by atoms with van der Waals surface area (Å²) in [4.78, 5) is 14.7. The number of amides is 1. The third kappa shape index (κ3) is 2.59. The number of aryl methyl sites for hydroxylation is 2. The molecule has 0 radical (unpaired) electrons. The first-order chi connectivity index (χ1) is 12.5. The van der Waals surface area contributed by atoms with Crippen LogP contribution >= 0.6 is 0 Å². The van der Waals surface area contributed by atoms with E-state index in [0.717, 1.165) is 47.3 Å². The van der Waals surface area contributed by atoms with Crippen LogP contribution in [0.4, 0.5) is 4.39 Å². The third-order valence-corrected chi connectivity index (χ3v) is 5.41. The van der Waals surface area contributed by atoms with Gasteiger partial charge in [-0.1, -0.05) is 18.2 Å². The number of aromatic amines is 1. The Morgan fingerprint density at radius 1 is 1.27 bits per heavy atom. The zero-order chi connectivity index (χ0) is 18.4. The summed E-state index contributed by atoms with van der Waals surface area (Å²) >= 11 is 0. The Kier molecular flexibility index (Phi) is 4.04. The minimum Gasteiger partial charge on any atom is -0.369 e. The highest BCUT2D eigenvalue weighted by Crippen LogP contribution is 2.38. The molecule has 2 aromatic carbocycles. The van der Waals surface area contributed by atoms with Crippen LogP contribution in [-0.2, 0) is 24.2 Å². The molecule has 134 valence electrons. The van der Waals surface area contributed by atoms with Gasteiger partial charge in [0.15, 0.2) is 0 Å². The number of carbonyl (C=O) groups excluding carboxylic acids is 1. The molecule has 3 aromatic rings. The highest BCUT2D eigenvalue weighted by Gasteiger charge is 2.22. The van der Waals surface area contributed by atoms with Gasteiger partial charge in [0.05, 0.1) is 11.9 Å².